The van der Waals surface area contributed by atoms with Crippen LogP contribution in [0.15, 0.2) is 30.3 Å². The normalized spacial score (nSPS) is 16.8. The molecule has 1 aliphatic heterocycles. The maximum Gasteiger partial charge on any atom is 0.240 e. The first kappa shape index (κ1) is 18.4. The summed E-state index contributed by atoms with van der Waals surface area (Å²) < 4.78 is 9.33. The van der Waals surface area contributed by atoms with Gasteiger partial charge in [-0.05, 0) is 49.4 Å². The molecule has 0 radical (unpaired) electrons. The molecular formula is C22H22N6O2S. The standard InChI is InChI=1S/C22H22N6O2S/c23-20(29)18(11-2-3-11)25-13-9-15-19-16(10-13)30-7-1-6-28(19)21(26-15)12-4-5-17-14(8-12)27-22(24)31-17/h4-5,8-11,18,25H,1-3,6-7H2,(H2,23,29)(H2,24,27)/t18-/m0/s1. The molecule has 1 amide bonds. The van der Waals surface area contributed by atoms with Crippen LogP contribution in [-0.2, 0) is 11.3 Å². The fourth-order valence-electron chi connectivity index (χ4n) is 4.38. The van der Waals surface area contributed by atoms with Crippen LogP contribution in [0.25, 0.3) is 32.6 Å². The van der Waals surface area contributed by atoms with Crippen LogP contribution in [0.3, 0.4) is 0 Å². The zero-order chi connectivity index (χ0) is 21.1. The number of nitrogens with one attached hydrogen (secondary N) is 1. The number of carbonyl (C=O) groups excluding carboxylic acids is 1. The molecule has 1 fully saturated rings. The highest BCUT2D eigenvalue weighted by Gasteiger charge is 2.35. The molecule has 158 valence electrons. The molecule has 5 N–H and O–H groups in total. The van der Waals surface area contributed by atoms with Crippen molar-refractivity contribution < 1.29 is 9.53 Å². The van der Waals surface area contributed by atoms with Gasteiger partial charge in [0.1, 0.15) is 23.1 Å². The second-order valence-electron chi connectivity index (χ2n) is 8.23. The number of fused-ring (bicyclic) bond motifs is 1. The zero-order valence-corrected chi connectivity index (χ0v) is 17.6. The lowest BCUT2D eigenvalue weighted by Gasteiger charge is -2.17. The predicted octanol–water partition coefficient (Wildman–Crippen LogP) is 3.35. The Morgan fingerprint density at radius 2 is 2.10 bits per heavy atom. The van der Waals surface area contributed by atoms with E-state index in [-0.39, 0.29) is 11.9 Å². The molecule has 31 heavy (non-hydrogen) atoms. The number of primary amides is 1. The van der Waals surface area contributed by atoms with Gasteiger partial charge in [-0.3, -0.25) is 4.79 Å². The molecule has 1 aliphatic carbocycles. The van der Waals surface area contributed by atoms with Gasteiger partial charge in [0.05, 0.1) is 22.3 Å². The second kappa shape index (κ2) is 6.84. The van der Waals surface area contributed by atoms with Crippen LogP contribution in [0, 0.1) is 5.92 Å². The van der Waals surface area contributed by atoms with E-state index in [1.54, 1.807) is 0 Å². The molecule has 2 aromatic carbocycles. The van der Waals surface area contributed by atoms with Crippen LogP contribution in [0.5, 0.6) is 5.75 Å². The highest BCUT2D eigenvalue weighted by atomic mass is 32.1. The number of imidazole rings is 1. The van der Waals surface area contributed by atoms with Gasteiger partial charge in [0.15, 0.2) is 5.13 Å². The SMILES string of the molecule is NC(=O)[C@@H](Nc1cc2c3c(c1)nc(-c1ccc4sc(N)nc4c1)n3CCCO2)C1CC1. The minimum absolute atomic E-state index is 0.304. The molecule has 6 rings (SSSR count). The highest BCUT2D eigenvalue weighted by Crippen LogP contribution is 2.39. The number of aryl methyl sites for hydroxylation is 1. The summed E-state index contributed by atoms with van der Waals surface area (Å²) in [5, 5.41) is 3.88. The smallest absolute Gasteiger partial charge is 0.240 e. The molecular weight excluding hydrogens is 412 g/mol. The number of amides is 1. The molecule has 0 saturated heterocycles. The van der Waals surface area contributed by atoms with Gasteiger partial charge in [-0.25, -0.2) is 9.97 Å². The van der Waals surface area contributed by atoms with Crippen LogP contribution in [0.4, 0.5) is 10.8 Å². The van der Waals surface area contributed by atoms with Crippen LogP contribution in [0.2, 0.25) is 0 Å². The van der Waals surface area contributed by atoms with Gasteiger partial charge in [-0.15, -0.1) is 0 Å². The number of benzene rings is 2. The van der Waals surface area contributed by atoms with Crippen molar-refractivity contribution in [2.24, 2.45) is 11.7 Å². The molecule has 4 aromatic rings. The molecule has 2 aliphatic rings. The van der Waals surface area contributed by atoms with E-state index in [0.717, 1.165) is 69.9 Å². The number of ether oxygens (including phenoxy) is 1. The predicted molar refractivity (Wildman–Crippen MR) is 122 cm³/mol. The van der Waals surface area contributed by atoms with Gasteiger partial charge in [0, 0.05) is 23.9 Å². The van der Waals surface area contributed by atoms with E-state index >= 15 is 0 Å². The van der Waals surface area contributed by atoms with Gasteiger partial charge < -0.3 is 26.1 Å². The monoisotopic (exact) mass is 434 g/mol. The van der Waals surface area contributed by atoms with Crippen molar-refractivity contribution in [1.29, 1.82) is 0 Å². The number of aromatic nitrogens is 3. The van der Waals surface area contributed by atoms with Gasteiger partial charge in [-0.1, -0.05) is 11.3 Å². The van der Waals surface area contributed by atoms with Crippen LogP contribution in [0.1, 0.15) is 19.3 Å². The van der Waals surface area contributed by atoms with E-state index in [9.17, 15) is 4.79 Å². The van der Waals surface area contributed by atoms with E-state index in [0.29, 0.717) is 17.7 Å². The van der Waals surface area contributed by atoms with E-state index in [2.05, 4.69) is 20.9 Å². The summed E-state index contributed by atoms with van der Waals surface area (Å²) >= 11 is 1.48. The molecule has 0 bridgehead atoms. The van der Waals surface area contributed by atoms with Gasteiger partial charge >= 0.3 is 0 Å². The number of carbonyl (C=O) groups is 1. The summed E-state index contributed by atoms with van der Waals surface area (Å²) in [4.78, 5) is 21.3. The van der Waals surface area contributed by atoms with E-state index < -0.39 is 0 Å². The number of thiazole rings is 1. The number of nitrogens with zero attached hydrogens (tertiary/aromatic N) is 3. The number of hydrogen-bond acceptors (Lipinski definition) is 7. The zero-order valence-electron chi connectivity index (χ0n) is 16.8. The molecule has 3 heterocycles. The Labute approximate surface area is 182 Å². The first-order valence-electron chi connectivity index (χ1n) is 10.5. The van der Waals surface area contributed by atoms with Gasteiger partial charge in [0.25, 0.3) is 0 Å². The van der Waals surface area contributed by atoms with Crippen molar-refractivity contribution in [2.45, 2.75) is 31.8 Å². The van der Waals surface area contributed by atoms with Crippen molar-refractivity contribution >= 4 is 49.3 Å². The first-order chi connectivity index (χ1) is 15.1. The summed E-state index contributed by atoms with van der Waals surface area (Å²) in [7, 11) is 0. The highest BCUT2D eigenvalue weighted by molar-refractivity contribution is 7.22. The Morgan fingerprint density at radius 3 is 2.90 bits per heavy atom. The summed E-state index contributed by atoms with van der Waals surface area (Å²) in [6.07, 6.45) is 2.93. The van der Waals surface area contributed by atoms with Crippen molar-refractivity contribution in [3.05, 3.63) is 30.3 Å². The molecule has 9 heteroatoms. The first-order valence-corrected chi connectivity index (χ1v) is 11.3. The third-order valence-electron chi connectivity index (χ3n) is 5.97. The number of nitrogen functional groups attached to an aromatic ring is 1. The van der Waals surface area contributed by atoms with E-state index in [4.69, 9.17) is 21.2 Å². The summed E-state index contributed by atoms with van der Waals surface area (Å²) in [5.74, 6) is 1.63. The third kappa shape index (κ3) is 3.16. The lowest BCUT2D eigenvalue weighted by molar-refractivity contribution is -0.119. The Kier molecular flexibility index (Phi) is 4.07. The fourth-order valence-corrected chi connectivity index (χ4v) is 5.10. The van der Waals surface area contributed by atoms with E-state index in [1.807, 2.05) is 24.3 Å². The third-order valence-corrected chi connectivity index (χ3v) is 6.84. The maximum atomic E-state index is 11.9. The van der Waals surface area contributed by atoms with Crippen molar-refractivity contribution in [3.8, 4) is 17.1 Å². The Hall–Kier alpha value is -3.33. The molecule has 8 nitrogen and oxygen atoms in total. The van der Waals surface area contributed by atoms with Gasteiger partial charge in [-0.2, -0.15) is 0 Å². The molecule has 0 unspecified atom stereocenters. The summed E-state index contributed by atoms with van der Waals surface area (Å²) in [6.45, 7) is 1.44. The average Bonchev–Trinajstić information content (AvgIpc) is 3.45. The largest absolute Gasteiger partial charge is 0.491 e. The quantitative estimate of drug-likeness (QED) is 0.443. The van der Waals surface area contributed by atoms with E-state index in [1.165, 1.54) is 11.3 Å². The molecule has 1 saturated carbocycles. The lowest BCUT2D eigenvalue weighted by atomic mass is 10.1. The summed E-state index contributed by atoms with van der Waals surface area (Å²) in [6, 6.07) is 9.71. The number of rotatable bonds is 5. The van der Waals surface area contributed by atoms with Crippen molar-refractivity contribution in [3.63, 3.8) is 0 Å². The maximum absolute atomic E-state index is 11.9. The minimum Gasteiger partial charge on any atom is -0.491 e. The minimum atomic E-state index is -0.366. The Bertz CT molecular complexity index is 1340. The van der Waals surface area contributed by atoms with Gasteiger partial charge in [0.2, 0.25) is 5.91 Å². The molecule has 1 atom stereocenters. The molecule has 2 aromatic heterocycles. The Balaban J connectivity index is 1.48. The molecule has 0 spiro atoms. The lowest BCUT2D eigenvalue weighted by Crippen LogP contribution is -2.37. The topological polar surface area (TPSA) is 121 Å². The number of nitrogens with two attached hydrogens (primary N) is 2. The van der Waals surface area contributed by atoms with Crippen LogP contribution in [-0.4, -0.2) is 33.1 Å². The Morgan fingerprint density at radius 1 is 1.23 bits per heavy atom. The summed E-state index contributed by atoms with van der Waals surface area (Å²) in [5.41, 5.74) is 16.0. The van der Waals surface area contributed by atoms with Crippen molar-refractivity contribution in [2.75, 3.05) is 17.7 Å². The fraction of sp³-hybridized carbons (Fsp3) is 0.318. The van der Waals surface area contributed by atoms with Crippen LogP contribution >= 0.6 is 11.3 Å². The second-order valence-corrected chi connectivity index (χ2v) is 9.29. The average molecular weight is 435 g/mol. The number of hydrogen-bond donors (Lipinski definition) is 3. The number of anilines is 2. The van der Waals surface area contributed by atoms with Crippen LogP contribution < -0.4 is 21.5 Å². The van der Waals surface area contributed by atoms with Crippen molar-refractivity contribution in [1.82, 2.24) is 14.5 Å².